The van der Waals surface area contributed by atoms with Gasteiger partial charge in [-0.1, -0.05) is 0 Å². The van der Waals surface area contributed by atoms with Crippen LogP contribution >= 0.6 is 0 Å². The summed E-state index contributed by atoms with van der Waals surface area (Å²) in [5.74, 6) is -0.341. The van der Waals surface area contributed by atoms with Gasteiger partial charge in [0.15, 0.2) is 0 Å². The Morgan fingerprint density at radius 1 is 1.38 bits per heavy atom. The Hall–Kier alpha value is -2.17. The number of fused-ring (bicyclic) bond motifs is 3. The third-order valence-corrected chi connectivity index (χ3v) is 2.64. The molecule has 0 amide bonds. The van der Waals surface area contributed by atoms with Gasteiger partial charge in [0.1, 0.15) is 5.82 Å². The number of nitrogens with zero attached hydrogens (tertiary/aromatic N) is 2. The van der Waals surface area contributed by atoms with E-state index in [1.165, 1.54) is 23.0 Å². The summed E-state index contributed by atoms with van der Waals surface area (Å²) in [5.41, 5.74) is 1.13. The van der Waals surface area contributed by atoms with Crippen molar-refractivity contribution in [2.24, 2.45) is 7.05 Å². The van der Waals surface area contributed by atoms with Gasteiger partial charge >= 0.3 is 0 Å². The number of aromatic amines is 1. The van der Waals surface area contributed by atoms with Crippen LogP contribution < -0.4 is 5.56 Å². The highest BCUT2D eigenvalue weighted by Crippen LogP contribution is 2.20. The second-order valence-corrected chi connectivity index (χ2v) is 3.68. The van der Waals surface area contributed by atoms with E-state index in [9.17, 15) is 9.18 Å². The van der Waals surface area contributed by atoms with Crippen LogP contribution in [0.15, 0.2) is 29.2 Å². The number of hydrogen-bond acceptors (Lipinski definition) is 2. The Bertz CT molecular complexity index is 757. The molecule has 4 nitrogen and oxygen atoms in total. The highest BCUT2D eigenvalue weighted by atomic mass is 19.1. The highest BCUT2D eigenvalue weighted by molar-refractivity contribution is 6.02. The minimum Gasteiger partial charge on any atom is -0.294 e. The van der Waals surface area contributed by atoms with Gasteiger partial charge in [-0.2, -0.15) is 0 Å². The maximum atomic E-state index is 13.1. The van der Waals surface area contributed by atoms with Crippen molar-refractivity contribution in [3.05, 3.63) is 40.6 Å². The van der Waals surface area contributed by atoms with E-state index in [0.717, 1.165) is 0 Å². The van der Waals surface area contributed by atoms with Gasteiger partial charge < -0.3 is 0 Å². The molecule has 0 aliphatic heterocycles. The number of hydrogen-bond donors (Lipinski definition) is 1. The second kappa shape index (κ2) is 2.91. The van der Waals surface area contributed by atoms with Crippen molar-refractivity contribution in [2.45, 2.75) is 0 Å². The molecule has 3 rings (SSSR count). The Kier molecular flexibility index (Phi) is 1.65. The topological polar surface area (TPSA) is 50.7 Å². The van der Waals surface area contributed by atoms with Crippen LogP contribution in [0.2, 0.25) is 0 Å². The van der Waals surface area contributed by atoms with E-state index < -0.39 is 0 Å². The van der Waals surface area contributed by atoms with Crippen molar-refractivity contribution in [1.29, 1.82) is 0 Å². The number of rotatable bonds is 0. The molecule has 0 radical (unpaired) electrons. The fraction of sp³-hybridized carbons (Fsp3) is 0.0909. The third kappa shape index (κ3) is 1.08. The van der Waals surface area contributed by atoms with Crippen LogP contribution in [0.3, 0.4) is 0 Å². The van der Waals surface area contributed by atoms with Crippen LogP contribution in [0.1, 0.15) is 0 Å². The first-order chi connectivity index (χ1) is 7.66. The van der Waals surface area contributed by atoms with Crippen molar-refractivity contribution in [3.63, 3.8) is 0 Å². The lowest BCUT2D eigenvalue weighted by molar-refractivity contribution is 0.629. The molecule has 1 N–H and O–H groups in total. The zero-order chi connectivity index (χ0) is 11.3. The summed E-state index contributed by atoms with van der Waals surface area (Å²) in [5, 5.41) is 3.99. The van der Waals surface area contributed by atoms with E-state index in [1.54, 1.807) is 13.1 Å². The summed E-state index contributed by atoms with van der Waals surface area (Å²) < 4.78 is 14.5. The SMILES string of the molecule is Cn1[nH]c2c(cnc3ccc(F)cc32)c1=O. The van der Waals surface area contributed by atoms with Crippen LogP contribution in [-0.4, -0.2) is 14.8 Å². The van der Waals surface area contributed by atoms with Crippen LogP contribution in [0.25, 0.3) is 21.8 Å². The number of aromatic nitrogens is 3. The molecule has 0 spiro atoms. The van der Waals surface area contributed by atoms with Gasteiger partial charge in [0.05, 0.1) is 16.4 Å². The molecule has 0 atom stereocenters. The molecule has 2 aromatic heterocycles. The minimum atomic E-state index is -0.341. The van der Waals surface area contributed by atoms with Crippen LogP contribution in [0.4, 0.5) is 4.39 Å². The fourth-order valence-corrected chi connectivity index (χ4v) is 1.85. The summed E-state index contributed by atoms with van der Waals surface area (Å²) in [6.07, 6.45) is 1.51. The number of H-pyrrole nitrogens is 1. The monoisotopic (exact) mass is 217 g/mol. The van der Waals surface area contributed by atoms with E-state index in [4.69, 9.17) is 0 Å². The fourth-order valence-electron chi connectivity index (χ4n) is 1.85. The second-order valence-electron chi connectivity index (χ2n) is 3.68. The predicted octanol–water partition coefficient (Wildman–Crippen LogP) is 1.55. The number of benzene rings is 1. The Morgan fingerprint density at radius 3 is 3.00 bits per heavy atom. The first-order valence-electron chi connectivity index (χ1n) is 4.80. The third-order valence-electron chi connectivity index (χ3n) is 2.64. The molecule has 5 heteroatoms. The summed E-state index contributed by atoms with van der Waals surface area (Å²) in [4.78, 5) is 15.8. The molecule has 0 bridgehead atoms. The smallest absolute Gasteiger partial charge is 0.275 e. The van der Waals surface area contributed by atoms with Crippen LogP contribution in [-0.2, 0) is 7.05 Å². The molecule has 80 valence electrons. The number of nitrogens with one attached hydrogen (secondary N) is 1. The molecule has 3 aromatic rings. The van der Waals surface area contributed by atoms with Gasteiger partial charge in [0.2, 0.25) is 0 Å². The van der Waals surface area contributed by atoms with E-state index >= 15 is 0 Å². The van der Waals surface area contributed by atoms with Crippen molar-refractivity contribution in [1.82, 2.24) is 14.8 Å². The summed E-state index contributed by atoms with van der Waals surface area (Å²) in [7, 11) is 1.62. The van der Waals surface area contributed by atoms with E-state index in [2.05, 4.69) is 10.1 Å². The summed E-state index contributed by atoms with van der Waals surface area (Å²) >= 11 is 0. The molecule has 2 heterocycles. The molecule has 0 saturated carbocycles. The number of halogens is 1. The molecular formula is C11H8FN3O. The summed E-state index contributed by atoms with van der Waals surface area (Å²) in [6.45, 7) is 0. The van der Waals surface area contributed by atoms with Gasteiger partial charge in [0, 0.05) is 18.6 Å². The zero-order valence-corrected chi connectivity index (χ0v) is 8.49. The number of pyridine rings is 1. The molecule has 16 heavy (non-hydrogen) atoms. The lowest BCUT2D eigenvalue weighted by Crippen LogP contribution is -2.11. The molecule has 0 fully saturated rings. The average Bonchev–Trinajstić information content (AvgIpc) is 2.56. The maximum absolute atomic E-state index is 13.1. The highest BCUT2D eigenvalue weighted by Gasteiger charge is 2.08. The standard InChI is InChI=1S/C11H8FN3O/c1-15-11(16)8-5-13-9-3-2-6(12)4-7(9)10(8)14-15/h2-5,14H,1H3. The van der Waals surface area contributed by atoms with E-state index in [1.807, 2.05) is 0 Å². The first kappa shape index (κ1) is 9.08. The van der Waals surface area contributed by atoms with Crippen molar-refractivity contribution in [3.8, 4) is 0 Å². The molecule has 0 aliphatic carbocycles. The average molecular weight is 217 g/mol. The van der Waals surface area contributed by atoms with Crippen molar-refractivity contribution >= 4 is 21.8 Å². The summed E-state index contributed by atoms with van der Waals surface area (Å²) in [6, 6.07) is 4.32. The van der Waals surface area contributed by atoms with Crippen molar-refractivity contribution < 1.29 is 4.39 Å². The minimum absolute atomic E-state index is 0.159. The van der Waals surface area contributed by atoms with Gasteiger partial charge in [-0.05, 0) is 18.2 Å². The lowest BCUT2D eigenvalue weighted by atomic mass is 10.2. The van der Waals surface area contributed by atoms with Crippen LogP contribution in [0.5, 0.6) is 0 Å². The van der Waals surface area contributed by atoms with Gasteiger partial charge in [-0.25, -0.2) is 4.39 Å². The Labute approximate surface area is 89.3 Å². The van der Waals surface area contributed by atoms with Gasteiger partial charge in [-0.3, -0.25) is 19.6 Å². The van der Waals surface area contributed by atoms with E-state index in [0.29, 0.717) is 21.8 Å². The largest absolute Gasteiger partial charge is 0.294 e. The molecule has 0 saturated heterocycles. The van der Waals surface area contributed by atoms with Crippen LogP contribution in [0, 0.1) is 5.82 Å². The molecule has 0 unspecified atom stereocenters. The quantitative estimate of drug-likeness (QED) is 0.621. The van der Waals surface area contributed by atoms with Gasteiger partial charge in [-0.15, -0.1) is 0 Å². The lowest BCUT2D eigenvalue weighted by Gasteiger charge is -1.97. The zero-order valence-electron chi connectivity index (χ0n) is 8.49. The first-order valence-corrected chi connectivity index (χ1v) is 4.80. The molecular weight excluding hydrogens is 209 g/mol. The Morgan fingerprint density at radius 2 is 2.19 bits per heavy atom. The number of aryl methyl sites for hydroxylation is 1. The Balaban J connectivity index is 2.62. The maximum Gasteiger partial charge on any atom is 0.275 e. The van der Waals surface area contributed by atoms with Crippen molar-refractivity contribution in [2.75, 3.05) is 0 Å². The predicted molar refractivity (Wildman–Crippen MR) is 58.8 cm³/mol. The molecule has 1 aromatic carbocycles. The van der Waals surface area contributed by atoms with E-state index in [-0.39, 0.29) is 11.4 Å². The normalized spacial score (nSPS) is 11.4. The van der Waals surface area contributed by atoms with Gasteiger partial charge in [0.25, 0.3) is 5.56 Å². The molecule has 0 aliphatic rings.